The van der Waals surface area contributed by atoms with Crippen LogP contribution in [0.15, 0.2) is 82.4 Å². The van der Waals surface area contributed by atoms with Crippen LogP contribution in [0, 0.1) is 0 Å². The average Bonchev–Trinajstić information content (AvgIpc) is 3.23. The number of pyridine rings is 1. The van der Waals surface area contributed by atoms with E-state index in [0.717, 1.165) is 11.0 Å². The number of carbonyl (C=O) groups is 1. The number of rotatable bonds is 7. The first-order chi connectivity index (χ1) is 15.3. The van der Waals surface area contributed by atoms with Crippen LogP contribution in [0.4, 0.5) is 0 Å². The number of aromatic nitrogens is 1. The molecule has 4 aromatic rings. The van der Waals surface area contributed by atoms with Crippen molar-refractivity contribution in [3.05, 3.63) is 95.0 Å². The van der Waals surface area contributed by atoms with Crippen molar-refractivity contribution < 1.29 is 17.6 Å². The zero-order valence-corrected chi connectivity index (χ0v) is 18.7. The molecule has 0 unspecified atom stereocenters. The molecule has 7 nitrogen and oxygen atoms in total. The van der Waals surface area contributed by atoms with Gasteiger partial charge in [0.1, 0.15) is 16.2 Å². The van der Waals surface area contributed by atoms with E-state index in [0.29, 0.717) is 11.3 Å². The van der Waals surface area contributed by atoms with E-state index >= 15 is 0 Å². The van der Waals surface area contributed by atoms with E-state index in [4.69, 9.17) is 16.0 Å². The van der Waals surface area contributed by atoms with Gasteiger partial charge in [0.15, 0.2) is 0 Å². The van der Waals surface area contributed by atoms with Gasteiger partial charge in [0.2, 0.25) is 10.0 Å². The fourth-order valence-electron chi connectivity index (χ4n) is 3.18. The van der Waals surface area contributed by atoms with Crippen molar-refractivity contribution in [2.75, 3.05) is 0 Å². The van der Waals surface area contributed by atoms with Crippen LogP contribution in [0.3, 0.4) is 0 Å². The number of furan rings is 1. The maximum atomic E-state index is 12.8. The number of hydrogen-bond acceptors (Lipinski definition) is 5. The minimum absolute atomic E-state index is 0.0190. The van der Waals surface area contributed by atoms with Gasteiger partial charge in [-0.05, 0) is 48.9 Å². The molecule has 2 aromatic heterocycles. The monoisotopic (exact) mass is 469 g/mol. The van der Waals surface area contributed by atoms with Gasteiger partial charge < -0.3 is 9.73 Å². The lowest BCUT2D eigenvalue weighted by molar-refractivity contribution is 0.0935. The van der Waals surface area contributed by atoms with Gasteiger partial charge in [-0.3, -0.25) is 9.78 Å². The summed E-state index contributed by atoms with van der Waals surface area (Å²) in [7, 11) is -3.95. The van der Waals surface area contributed by atoms with Crippen LogP contribution in [-0.2, 0) is 16.6 Å². The number of amides is 1. The van der Waals surface area contributed by atoms with E-state index < -0.39 is 22.0 Å². The second-order valence-corrected chi connectivity index (χ2v) is 9.36. The summed E-state index contributed by atoms with van der Waals surface area (Å²) in [5.74, 6) is 0.151. The van der Waals surface area contributed by atoms with E-state index in [1.54, 1.807) is 31.5 Å². The van der Waals surface area contributed by atoms with Gasteiger partial charge in [-0.1, -0.05) is 35.9 Å². The molecule has 9 heteroatoms. The van der Waals surface area contributed by atoms with Crippen molar-refractivity contribution in [3.8, 4) is 0 Å². The molecule has 1 amide bonds. The van der Waals surface area contributed by atoms with E-state index in [9.17, 15) is 13.2 Å². The third-order valence-electron chi connectivity index (χ3n) is 4.89. The summed E-state index contributed by atoms with van der Waals surface area (Å²) >= 11 is 6.14. The molecule has 0 aliphatic carbocycles. The number of nitrogens with one attached hydrogen (secondary N) is 2. The molecular weight excluding hydrogens is 450 g/mol. The molecule has 0 aliphatic rings. The third-order valence-corrected chi connectivity index (χ3v) is 6.77. The number of fused-ring (bicyclic) bond motifs is 1. The molecule has 0 fully saturated rings. The van der Waals surface area contributed by atoms with Gasteiger partial charge in [-0.25, -0.2) is 13.1 Å². The highest BCUT2D eigenvalue weighted by Crippen LogP contribution is 2.25. The highest BCUT2D eigenvalue weighted by atomic mass is 35.5. The van der Waals surface area contributed by atoms with Crippen LogP contribution in [0.5, 0.6) is 0 Å². The molecule has 0 saturated carbocycles. The Kier molecular flexibility index (Phi) is 6.27. The predicted molar refractivity (Wildman–Crippen MR) is 122 cm³/mol. The topological polar surface area (TPSA) is 101 Å². The molecule has 0 spiro atoms. The Bertz CT molecular complexity index is 1340. The van der Waals surface area contributed by atoms with Gasteiger partial charge in [-0.2, -0.15) is 0 Å². The van der Waals surface area contributed by atoms with Crippen LogP contribution < -0.4 is 10.0 Å². The largest absolute Gasteiger partial charge is 0.459 e. The normalized spacial score (nSPS) is 12.6. The molecule has 32 heavy (non-hydrogen) atoms. The highest BCUT2D eigenvalue weighted by Gasteiger charge is 2.21. The minimum Gasteiger partial charge on any atom is -0.459 e. The summed E-state index contributed by atoms with van der Waals surface area (Å²) in [6.07, 6.45) is 3.16. The van der Waals surface area contributed by atoms with Gasteiger partial charge in [0, 0.05) is 29.9 Å². The standard InChI is InChI=1S/C23H20ClN3O4S/c1-15(21-11-17-6-2-3-7-20(17)31-21)27-23(28)18-8-9-19(24)22(12-18)32(29,30)26-14-16-5-4-10-25-13-16/h2-13,15,26H,14H2,1H3,(H,27,28)/t15-/m1/s1. The molecule has 0 aliphatic heterocycles. The lowest BCUT2D eigenvalue weighted by Crippen LogP contribution is -2.27. The van der Waals surface area contributed by atoms with Crippen molar-refractivity contribution in [1.29, 1.82) is 0 Å². The van der Waals surface area contributed by atoms with Gasteiger partial charge in [-0.15, -0.1) is 0 Å². The molecule has 4 rings (SSSR count). The zero-order valence-electron chi connectivity index (χ0n) is 17.1. The third kappa shape index (κ3) is 4.83. The number of benzene rings is 2. The lowest BCUT2D eigenvalue weighted by Gasteiger charge is -2.13. The Morgan fingerprint density at radius 1 is 1.12 bits per heavy atom. The fraction of sp³-hybridized carbons (Fsp3) is 0.130. The van der Waals surface area contributed by atoms with Crippen LogP contribution in [0.25, 0.3) is 11.0 Å². The summed E-state index contributed by atoms with van der Waals surface area (Å²) in [6.45, 7) is 1.84. The van der Waals surface area contributed by atoms with Crippen molar-refractivity contribution >= 4 is 38.5 Å². The number of nitrogens with zero attached hydrogens (tertiary/aromatic N) is 1. The number of para-hydroxylation sites is 1. The van der Waals surface area contributed by atoms with Crippen LogP contribution in [0.2, 0.25) is 5.02 Å². The van der Waals surface area contributed by atoms with Gasteiger partial charge in [0.05, 0.1) is 11.1 Å². The first-order valence-electron chi connectivity index (χ1n) is 9.81. The lowest BCUT2D eigenvalue weighted by atomic mass is 10.1. The summed E-state index contributed by atoms with van der Waals surface area (Å²) in [4.78, 5) is 16.6. The van der Waals surface area contributed by atoms with Crippen molar-refractivity contribution in [1.82, 2.24) is 15.0 Å². The second-order valence-electron chi connectivity index (χ2n) is 7.21. The Balaban J connectivity index is 1.51. The maximum absolute atomic E-state index is 12.8. The van der Waals surface area contributed by atoms with Gasteiger partial charge in [0.25, 0.3) is 5.91 Å². The quantitative estimate of drug-likeness (QED) is 0.416. The summed E-state index contributed by atoms with van der Waals surface area (Å²) < 4.78 is 33.8. The molecule has 2 heterocycles. The second kappa shape index (κ2) is 9.12. The Morgan fingerprint density at radius 2 is 1.94 bits per heavy atom. The SMILES string of the molecule is C[C@@H](NC(=O)c1ccc(Cl)c(S(=O)(=O)NCc2cccnc2)c1)c1cc2ccccc2o1. The van der Waals surface area contributed by atoms with Crippen LogP contribution in [0.1, 0.15) is 34.6 Å². The fourth-order valence-corrected chi connectivity index (χ4v) is 4.72. The van der Waals surface area contributed by atoms with Crippen LogP contribution >= 0.6 is 11.6 Å². The number of carbonyl (C=O) groups excluding carboxylic acids is 1. The molecule has 1 atom stereocenters. The molecule has 164 valence electrons. The summed E-state index contributed by atoms with van der Waals surface area (Å²) in [5.41, 5.74) is 1.59. The van der Waals surface area contributed by atoms with E-state index in [2.05, 4.69) is 15.0 Å². The van der Waals surface area contributed by atoms with E-state index in [1.165, 1.54) is 18.2 Å². The average molecular weight is 470 g/mol. The summed E-state index contributed by atoms with van der Waals surface area (Å²) in [5, 5.41) is 3.78. The van der Waals surface area contributed by atoms with E-state index in [-0.39, 0.29) is 22.0 Å². The molecule has 0 bridgehead atoms. The minimum atomic E-state index is -3.95. The van der Waals surface area contributed by atoms with Crippen molar-refractivity contribution in [3.63, 3.8) is 0 Å². The first kappa shape index (κ1) is 22.0. The Hall–Kier alpha value is -3.20. The van der Waals surface area contributed by atoms with E-state index in [1.807, 2.05) is 30.3 Å². The predicted octanol–water partition coefficient (Wildman–Crippen LogP) is 4.45. The highest BCUT2D eigenvalue weighted by molar-refractivity contribution is 7.89. The molecule has 2 N–H and O–H groups in total. The van der Waals surface area contributed by atoms with Crippen molar-refractivity contribution in [2.45, 2.75) is 24.4 Å². The molecule has 2 aromatic carbocycles. The Labute approximate surface area is 190 Å². The number of halogens is 1. The van der Waals surface area contributed by atoms with Crippen molar-refractivity contribution in [2.24, 2.45) is 0 Å². The molecule has 0 radical (unpaired) electrons. The summed E-state index contributed by atoms with van der Waals surface area (Å²) in [6, 6.07) is 16.6. The molecule has 0 saturated heterocycles. The number of hydrogen-bond donors (Lipinski definition) is 2. The number of sulfonamides is 1. The van der Waals surface area contributed by atoms with Gasteiger partial charge >= 0.3 is 0 Å². The molecular formula is C23H20ClN3O4S. The maximum Gasteiger partial charge on any atom is 0.251 e. The zero-order chi connectivity index (χ0) is 22.7. The smallest absolute Gasteiger partial charge is 0.251 e. The first-order valence-corrected chi connectivity index (χ1v) is 11.7. The van der Waals surface area contributed by atoms with Crippen LogP contribution in [-0.4, -0.2) is 19.3 Å². The Morgan fingerprint density at radius 3 is 2.69 bits per heavy atom.